The summed E-state index contributed by atoms with van der Waals surface area (Å²) in [6.07, 6.45) is 5.27. The molecule has 3 aromatic rings. The van der Waals surface area contributed by atoms with Crippen molar-refractivity contribution in [2.24, 2.45) is 0 Å². The van der Waals surface area contributed by atoms with Gasteiger partial charge in [0.2, 0.25) is 0 Å². The number of hydrogen-bond acceptors (Lipinski definition) is 7. The maximum absolute atomic E-state index is 12.7. The van der Waals surface area contributed by atoms with Gasteiger partial charge in [0.15, 0.2) is 9.84 Å². The summed E-state index contributed by atoms with van der Waals surface area (Å²) in [4.78, 5) is 24.5. The van der Waals surface area contributed by atoms with E-state index in [-0.39, 0.29) is 23.1 Å². The minimum atomic E-state index is -3.02. The van der Waals surface area contributed by atoms with Crippen LogP contribution in [-0.2, 0) is 35.8 Å². The average molecular weight is 420 g/mol. The van der Waals surface area contributed by atoms with E-state index in [1.807, 2.05) is 12.1 Å². The van der Waals surface area contributed by atoms with Crippen LogP contribution in [0.25, 0.3) is 10.2 Å². The first-order valence-corrected chi connectivity index (χ1v) is 12.1. The predicted molar refractivity (Wildman–Crippen MR) is 107 cm³/mol. The van der Waals surface area contributed by atoms with Gasteiger partial charge < -0.3 is 9.40 Å². The van der Waals surface area contributed by atoms with Crippen LogP contribution in [0.4, 0.5) is 0 Å². The van der Waals surface area contributed by atoms with Crippen LogP contribution in [0.3, 0.4) is 0 Å². The van der Waals surface area contributed by atoms with Gasteiger partial charge in [-0.05, 0) is 43.4 Å². The fraction of sp³-hybridized carbons (Fsp3) is 0.474. The van der Waals surface area contributed by atoms with E-state index in [1.165, 1.54) is 4.88 Å². The monoisotopic (exact) mass is 419 g/mol. The lowest BCUT2D eigenvalue weighted by atomic mass is 10.2. The Kier molecular flexibility index (Phi) is 4.41. The molecule has 0 aromatic carbocycles. The van der Waals surface area contributed by atoms with Crippen molar-refractivity contribution >= 4 is 31.4 Å². The van der Waals surface area contributed by atoms with Crippen LogP contribution >= 0.6 is 11.3 Å². The number of nitrogens with zero attached hydrogens (tertiary/aromatic N) is 2. The first kappa shape index (κ1) is 18.1. The first-order chi connectivity index (χ1) is 13.5. The highest BCUT2D eigenvalue weighted by Crippen LogP contribution is 2.34. The Hall–Kier alpha value is -1.97. The summed E-state index contributed by atoms with van der Waals surface area (Å²) in [5.74, 6) is 1.68. The number of nitrogens with one attached hydrogen (secondary N) is 1. The van der Waals surface area contributed by atoms with Crippen LogP contribution in [0.1, 0.15) is 34.9 Å². The normalized spacial score (nSPS) is 21.0. The number of aromatic amines is 1. The molecule has 1 saturated heterocycles. The number of rotatable bonds is 5. The molecule has 1 N–H and O–H groups in total. The maximum atomic E-state index is 12.7. The third-order valence-corrected chi connectivity index (χ3v) is 8.58. The number of sulfone groups is 1. The number of aryl methyl sites for hydroxylation is 2. The lowest BCUT2D eigenvalue weighted by Gasteiger charge is -2.26. The van der Waals surface area contributed by atoms with Crippen LogP contribution in [0.5, 0.6) is 0 Å². The Balaban J connectivity index is 1.47. The summed E-state index contributed by atoms with van der Waals surface area (Å²) in [6, 6.07) is 3.59. The molecular formula is C19H21N3O4S2. The molecule has 1 unspecified atom stereocenters. The summed E-state index contributed by atoms with van der Waals surface area (Å²) in [5, 5.41) is 0.738. The molecule has 9 heteroatoms. The van der Waals surface area contributed by atoms with Crippen LogP contribution < -0.4 is 5.56 Å². The van der Waals surface area contributed by atoms with Crippen molar-refractivity contribution in [3.63, 3.8) is 0 Å². The zero-order chi connectivity index (χ0) is 19.3. The molecule has 1 aliphatic heterocycles. The van der Waals surface area contributed by atoms with Crippen molar-refractivity contribution in [1.82, 2.24) is 14.9 Å². The van der Waals surface area contributed by atoms with Crippen LogP contribution in [0, 0.1) is 0 Å². The zero-order valence-corrected chi connectivity index (χ0v) is 16.9. The van der Waals surface area contributed by atoms with E-state index in [1.54, 1.807) is 17.6 Å². The minimum Gasteiger partial charge on any atom is -0.468 e. The van der Waals surface area contributed by atoms with E-state index in [9.17, 15) is 13.2 Å². The summed E-state index contributed by atoms with van der Waals surface area (Å²) >= 11 is 1.62. The largest absolute Gasteiger partial charge is 0.468 e. The van der Waals surface area contributed by atoms with Crippen molar-refractivity contribution in [1.29, 1.82) is 0 Å². The van der Waals surface area contributed by atoms with Gasteiger partial charge in [-0.25, -0.2) is 13.4 Å². The van der Waals surface area contributed by atoms with E-state index in [0.29, 0.717) is 25.3 Å². The van der Waals surface area contributed by atoms with Gasteiger partial charge in [0.05, 0.1) is 36.2 Å². The van der Waals surface area contributed by atoms with Crippen LogP contribution in [0.2, 0.25) is 0 Å². The van der Waals surface area contributed by atoms with E-state index in [2.05, 4.69) is 9.88 Å². The Morgan fingerprint density at radius 3 is 2.96 bits per heavy atom. The SMILES string of the molecule is O=c1[nH]c(CN(Cc2ccco2)C2CCS(=O)(=O)C2)nc2sc3c(c12)CCC3. The van der Waals surface area contributed by atoms with Gasteiger partial charge in [0, 0.05) is 10.9 Å². The van der Waals surface area contributed by atoms with Gasteiger partial charge in [-0.3, -0.25) is 9.69 Å². The van der Waals surface area contributed by atoms with Gasteiger partial charge in [-0.2, -0.15) is 0 Å². The number of thiophene rings is 1. The van der Waals surface area contributed by atoms with Gasteiger partial charge in [0.1, 0.15) is 16.4 Å². The van der Waals surface area contributed by atoms with Gasteiger partial charge in [0.25, 0.3) is 5.56 Å². The lowest BCUT2D eigenvalue weighted by molar-refractivity contribution is 0.175. The summed E-state index contributed by atoms with van der Waals surface area (Å²) in [7, 11) is -3.02. The van der Waals surface area contributed by atoms with Crippen molar-refractivity contribution in [2.75, 3.05) is 11.5 Å². The molecule has 5 rings (SSSR count). The summed E-state index contributed by atoms with van der Waals surface area (Å²) in [6.45, 7) is 0.866. The molecule has 7 nitrogen and oxygen atoms in total. The molecule has 1 fully saturated rings. The molecule has 1 atom stereocenters. The molecule has 28 heavy (non-hydrogen) atoms. The second kappa shape index (κ2) is 6.82. The number of furan rings is 1. The van der Waals surface area contributed by atoms with Crippen LogP contribution in [-0.4, -0.2) is 40.8 Å². The Labute approximate surface area is 166 Å². The number of hydrogen-bond donors (Lipinski definition) is 1. The fourth-order valence-electron chi connectivity index (χ4n) is 4.29. The van der Waals surface area contributed by atoms with Crippen molar-refractivity contribution < 1.29 is 12.8 Å². The molecular weight excluding hydrogens is 398 g/mol. The first-order valence-electron chi connectivity index (χ1n) is 9.49. The molecule has 0 saturated carbocycles. The van der Waals surface area contributed by atoms with Gasteiger partial charge in [-0.15, -0.1) is 11.3 Å². The smallest absolute Gasteiger partial charge is 0.259 e. The van der Waals surface area contributed by atoms with E-state index < -0.39 is 9.84 Å². The van der Waals surface area contributed by atoms with Crippen LogP contribution in [0.15, 0.2) is 27.6 Å². The van der Waals surface area contributed by atoms with Crippen molar-refractivity contribution in [3.05, 3.63) is 50.8 Å². The zero-order valence-electron chi connectivity index (χ0n) is 15.3. The molecule has 0 spiro atoms. The minimum absolute atomic E-state index is 0.0867. The highest BCUT2D eigenvalue weighted by molar-refractivity contribution is 7.91. The van der Waals surface area contributed by atoms with Crippen molar-refractivity contribution in [2.45, 2.75) is 44.8 Å². The second-order valence-corrected chi connectivity index (χ2v) is 10.9. The Bertz CT molecular complexity index is 1180. The molecule has 148 valence electrons. The van der Waals surface area contributed by atoms with E-state index in [4.69, 9.17) is 9.40 Å². The highest BCUT2D eigenvalue weighted by Gasteiger charge is 2.33. The van der Waals surface area contributed by atoms with E-state index >= 15 is 0 Å². The Morgan fingerprint density at radius 1 is 1.32 bits per heavy atom. The molecule has 0 bridgehead atoms. The Morgan fingerprint density at radius 2 is 2.21 bits per heavy atom. The highest BCUT2D eigenvalue weighted by atomic mass is 32.2. The maximum Gasteiger partial charge on any atom is 0.259 e. The molecule has 4 heterocycles. The number of aromatic nitrogens is 2. The quantitative estimate of drug-likeness (QED) is 0.681. The molecule has 2 aliphatic rings. The number of H-pyrrole nitrogens is 1. The molecule has 0 amide bonds. The molecule has 3 aromatic heterocycles. The summed E-state index contributed by atoms with van der Waals surface area (Å²) < 4.78 is 29.4. The topological polar surface area (TPSA) is 96.3 Å². The number of fused-ring (bicyclic) bond motifs is 3. The summed E-state index contributed by atoms with van der Waals surface area (Å²) in [5.41, 5.74) is 1.08. The van der Waals surface area contributed by atoms with Crippen molar-refractivity contribution in [3.8, 4) is 0 Å². The van der Waals surface area contributed by atoms with Gasteiger partial charge >= 0.3 is 0 Å². The third-order valence-electron chi connectivity index (χ3n) is 5.64. The lowest BCUT2D eigenvalue weighted by Crippen LogP contribution is -2.36. The fourth-order valence-corrected chi connectivity index (χ4v) is 7.34. The second-order valence-electron chi connectivity index (χ2n) is 7.59. The molecule has 0 radical (unpaired) electrons. The predicted octanol–water partition coefficient (Wildman–Crippen LogP) is 2.26. The van der Waals surface area contributed by atoms with E-state index in [0.717, 1.165) is 40.8 Å². The average Bonchev–Trinajstić information content (AvgIpc) is 3.38. The standard InChI is InChI=1S/C19H21N3O4S2/c23-18-17-14-4-1-5-15(14)27-19(17)21-16(20-18)10-22(9-13-3-2-7-26-13)12-6-8-28(24,25)11-12/h2-3,7,12H,1,4-6,8-11H2,(H,20,21,23). The van der Waals surface area contributed by atoms with Gasteiger partial charge in [-0.1, -0.05) is 0 Å². The third kappa shape index (κ3) is 3.31. The molecule has 1 aliphatic carbocycles.